The van der Waals surface area contributed by atoms with Crippen molar-refractivity contribution >= 4 is 17.2 Å². The number of hydrogen-bond donors (Lipinski definition) is 1. The van der Waals surface area contributed by atoms with Gasteiger partial charge in [-0.05, 0) is 24.6 Å². The zero-order valence-corrected chi connectivity index (χ0v) is 6.79. The van der Waals surface area contributed by atoms with Crippen molar-refractivity contribution in [1.82, 2.24) is 4.98 Å². The third-order valence-corrected chi connectivity index (χ3v) is 2.11. The van der Waals surface area contributed by atoms with E-state index in [4.69, 9.17) is 0 Å². The zero-order valence-electron chi connectivity index (χ0n) is 6.79. The predicted molar refractivity (Wildman–Crippen MR) is 48.4 cm³/mol. The van der Waals surface area contributed by atoms with Crippen molar-refractivity contribution in [2.75, 3.05) is 0 Å². The van der Waals surface area contributed by atoms with Gasteiger partial charge in [0, 0.05) is 22.7 Å². The number of H-pyrrole nitrogens is 1. The molecule has 0 aliphatic rings. The zero-order chi connectivity index (χ0) is 8.55. The maximum absolute atomic E-state index is 10.7. The van der Waals surface area contributed by atoms with Gasteiger partial charge in [-0.15, -0.1) is 0 Å². The summed E-state index contributed by atoms with van der Waals surface area (Å²) in [6.45, 7) is 1.94. The molecule has 1 N–H and O–H groups in total. The molecule has 12 heavy (non-hydrogen) atoms. The molecule has 1 aromatic carbocycles. The number of aryl methyl sites for hydroxylation is 1. The van der Waals surface area contributed by atoms with Gasteiger partial charge in [0.15, 0.2) is 6.29 Å². The standard InChI is InChI=1S/C10H9NO/c1-7-2-3-10-8(4-5-11-10)9(7)6-12/h2-6,11H,1H3. The maximum Gasteiger partial charge on any atom is 0.150 e. The number of benzene rings is 1. The van der Waals surface area contributed by atoms with Crippen LogP contribution in [0.3, 0.4) is 0 Å². The molecule has 0 spiro atoms. The Morgan fingerprint density at radius 3 is 2.92 bits per heavy atom. The molecule has 0 aliphatic carbocycles. The molecular weight excluding hydrogens is 150 g/mol. The minimum absolute atomic E-state index is 0.786. The van der Waals surface area contributed by atoms with Crippen molar-refractivity contribution in [1.29, 1.82) is 0 Å². The van der Waals surface area contributed by atoms with Crippen LogP contribution < -0.4 is 0 Å². The highest BCUT2D eigenvalue weighted by Gasteiger charge is 2.02. The van der Waals surface area contributed by atoms with E-state index in [-0.39, 0.29) is 0 Å². The topological polar surface area (TPSA) is 32.9 Å². The SMILES string of the molecule is Cc1ccc2[nH]ccc2c1C=O. The maximum atomic E-state index is 10.7. The Balaban J connectivity index is 2.91. The van der Waals surface area contributed by atoms with Gasteiger partial charge in [-0.25, -0.2) is 0 Å². The second kappa shape index (κ2) is 2.48. The van der Waals surface area contributed by atoms with Crippen molar-refractivity contribution in [2.24, 2.45) is 0 Å². The van der Waals surface area contributed by atoms with Gasteiger partial charge in [-0.1, -0.05) is 6.07 Å². The number of aromatic nitrogens is 1. The van der Waals surface area contributed by atoms with Gasteiger partial charge in [0.25, 0.3) is 0 Å². The summed E-state index contributed by atoms with van der Waals surface area (Å²) < 4.78 is 0. The Labute approximate surface area is 70.2 Å². The third kappa shape index (κ3) is 0.848. The fourth-order valence-electron chi connectivity index (χ4n) is 1.42. The van der Waals surface area contributed by atoms with Gasteiger partial charge < -0.3 is 4.98 Å². The van der Waals surface area contributed by atoms with Crippen LogP contribution in [0.4, 0.5) is 0 Å². The lowest BCUT2D eigenvalue weighted by atomic mass is 10.1. The van der Waals surface area contributed by atoms with Crippen LogP contribution in [-0.4, -0.2) is 11.3 Å². The summed E-state index contributed by atoms with van der Waals surface area (Å²) in [5.41, 5.74) is 2.83. The second-order valence-corrected chi connectivity index (χ2v) is 2.85. The summed E-state index contributed by atoms with van der Waals surface area (Å²) in [6.07, 6.45) is 2.75. The van der Waals surface area contributed by atoms with E-state index in [0.717, 1.165) is 28.3 Å². The molecule has 2 heteroatoms. The summed E-state index contributed by atoms with van der Waals surface area (Å²) in [6, 6.07) is 5.85. The fourth-order valence-corrected chi connectivity index (χ4v) is 1.42. The first-order chi connectivity index (χ1) is 5.83. The summed E-state index contributed by atoms with van der Waals surface area (Å²) in [5, 5.41) is 1.00. The molecule has 0 fully saturated rings. The number of nitrogens with one attached hydrogen (secondary N) is 1. The number of carbonyl (C=O) groups excluding carboxylic acids is 1. The first-order valence-corrected chi connectivity index (χ1v) is 3.85. The van der Waals surface area contributed by atoms with Gasteiger partial charge in [0.1, 0.15) is 0 Å². The monoisotopic (exact) mass is 159 g/mol. The van der Waals surface area contributed by atoms with E-state index in [1.165, 1.54) is 0 Å². The van der Waals surface area contributed by atoms with E-state index in [1.54, 1.807) is 0 Å². The Morgan fingerprint density at radius 2 is 2.17 bits per heavy atom. The lowest BCUT2D eigenvalue weighted by Gasteiger charge is -1.98. The predicted octanol–water partition coefficient (Wildman–Crippen LogP) is 2.29. The van der Waals surface area contributed by atoms with Gasteiger partial charge in [0.05, 0.1) is 0 Å². The van der Waals surface area contributed by atoms with Gasteiger partial charge in [0.2, 0.25) is 0 Å². The van der Waals surface area contributed by atoms with E-state index in [9.17, 15) is 4.79 Å². The van der Waals surface area contributed by atoms with E-state index < -0.39 is 0 Å². The van der Waals surface area contributed by atoms with Gasteiger partial charge in [-0.2, -0.15) is 0 Å². The smallest absolute Gasteiger partial charge is 0.150 e. The molecule has 0 atom stereocenters. The van der Waals surface area contributed by atoms with E-state index in [0.29, 0.717) is 0 Å². The highest BCUT2D eigenvalue weighted by atomic mass is 16.1. The molecule has 0 bridgehead atoms. The van der Waals surface area contributed by atoms with Gasteiger partial charge >= 0.3 is 0 Å². The number of rotatable bonds is 1. The molecular formula is C10H9NO. The van der Waals surface area contributed by atoms with Crippen molar-refractivity contribution < 1.29 is 4.79 Å². The van der Waals surface area contributed by atoms with E-state index >= 15 is 0 Å². The third-order valence-electron chi connectivity index (χ3n) is 2.11. The Kier molecular flexibility index (Phi) is 1.47. The number of carbonyl (C=O) groups is 1. The second-order valence-electron chi connectivity index (χ2n) is 2.85. The first-order valence-electron chi connectivity index (χ1n) is 3.85. The normalized spacial score (nSPS) is 10.4. The van der Waals surface area contributed by atoms with Crippen molar-refractivity contribution in [3.05, 3.63) is 35.5 Å². The molecule has 0 radical (unpaired) electrons. The Hall–Kier alpha value is -1.57. The van der Waals surface area contributed by atoms with Gasteiger partial charge in [-0.3, -0.25) is 4.79 Å². The molecule has 0 amide bonds. The summed E-state index contributed by atoms with van der Waals surface area (Å²) in [5.74, 6) is 0. The molecule has 1 aromatic heterocycles. The minimum Gasteiger partial charge on any atom is -0.361 e. The first kappa shape index (κ1) is 7.10. The van der Waals surface area contributed by atoms with E-state index in [2.05, 4.69) is 4.98 Å². The molecule has 60 valence electrons. The van der Waals surface area contributed by atoms with Crippen molar-refractivity contribution in [2.45, 2.75) is 6.92 Å². The average Bonchev–Trinajstić information content (AvgIpc) is 2.52. The van der Waals surface area contributed by atoms with Crippen LogP contribution in [0.1, 0.15) is 15.9 Å². The molecule has 2 aromatic rings. The number of hydrogen-bond acceptors (Lipinski definition) is 1. The lowest BCUT2D eigenvalue weighted by molar-refractivity contribution is 0.112. The van der Waals surface area contributed by atoms with Crippen molar-refractivity contribution in [3.8, 4) is 0 Å². The van der Waals surface area contributed by atoms with E-state index in [1.807, 2.05) is 31.3 Å². The van der Waals surface area contributed by atoms with Crippen molar-refractivity contribution in [3.63, 3.8) is 0 Å². The molecule has 0 saturated heterocycles. The Bertz CT molecular complexity index is 428. The Morgan fingerprint density at radius 1 is 1.33 bits per heavy atom. The minimum atomic E-state index is 0.786. The summed E-state index contributed by atoms with van der Waals surface area (Å²) >= 11 is 0. The molecule has 1 heterocycles. The van der Waals surface area contributed by atoms with Crippen LogP contribution in [-0.2, 0) is 0 Å². The van der Waals surface area contributed by atoms with Crippen LogP contribution in [0.5, 0.6) is 0 Å². The van der Waals surface area contributed by atoms with Crippen LogP contribution in [0.2, 0.25) is 0 Å². The summed E-state index contributed by atoms with van der Waals surface area (Å²) in [7, 11) is 0. The molecule has 0 aliphatic heterocycles. The number of aldehydes is 1. The molecule has 2 rings (SSSR count). The average molecular weight is 159 g/mol. The highest BCUT2D eigenvalue weighted by Crippen LogP contribution is 2.18. The van der Waals surface area contributed by atoms with Crippen LogP contribution in [0, 0.1) is 6.92 Å². The molecule has 0 unspecified atom stereocenters. The number of aromatic amines is 1. The van der Waals surface area contributed by atoms with Crippen LogP contribution >= 0.6 is 0 Å². The molecule has 0 saturated carbocycles. The largest absolute Gasteiger partial charge is 0.361 e. The molecule has 2 nitrogen and oxygen atoms in total. The highest BCUT2D eigenvalue weighted by molar-refractivity contribution is 5.98. The van der Waals surface area contributed by atoms with Crippen LogP contribution in [0.15, 0.2) is 24.4 Å². The quantitative estimate of drug-likeness (QED) is 0.636. The summed E-state index contributed by atoms with van der Waals surface area (Å²) in [4.78, 5) is 13.8. The lowest BCUT2D eigenvalue weighted by Crippen LogP contribution is -1.86. The number of fused-ring (bicyclic) bond motifs is 1. The fraction of sp³-hybridized carbons (Fsp3) is 0.100. The van der Waals surface area contributed by atoms with Crippen LogP contribution in [0.25, 0.3) is 10.9 Å².